The van der Waals surface area contributed by atoms with E-state index in [9.17, 15) is 13.0 Å². The number of rotatable bonds is 5. The van der Waals surface area contributed by atoms with E-state index in [-0.39, 0.29) is 34.5 Å². The molecule has 1 aromatic rings. The molecule has 0 unspecified atom stereocenters. The Kier molecular flexibility index (Phi) is 7.13. The molecule has 0 heterocycles. The van der Waals surface area contributed by atoms with Gasteiger partial charge in [0.2, 0.25) is 10.0 Å². The maximum Gasteiger partial charge on any atom is 0.418 e. The first-order chi connectivity index (χ1) is 7.43. The Bertz CT molecular complexity index is 484. The zero-order chi connectivity index (χ0) is 12.2. The van der Waals surface area contributed by atoms with Crippen LogP contribution in [0.2, 0.25) is 0 Å². The van der Waals surface area contributed by atoms with Crippen LogP contribution >= 0.6 is 7.75 Å². The average molecular weight is 288 g/mol. The van der Waals surface area contributed by atoms with Gasteiger partial charge in [-0.05, 0) is 12.1 Å². The van der Waals surface area contributed by atoms with Crippen molar-refractivity contribution in [1.82, 2.24) is 4.49 Å². The summed E-state index contributed by atoms with van der Waals surface area (Å²) in [6.45, 7) is 0. The molecule has 0 fully saturated rings. The van der Waals surface area contributed by atoms with Gasteiger partial charge in [-0.15, -0.1) is 4.49 Å². The molecule has 0 aliphatic rings. The molecular formula is C8H12NNaO5PS. The first kappa shape index (κ1) is 17.3. The van der Waals surface area contributed by atoms with Gasteiger partial charge in [0, 0.05) is 43.8 Å². The van der Waals surface area contributed by atoms with Crippen molar-refractivity contribution in [2.75, 3.05) is 14.2 Å². The Morgan fingerprint density at radius 3 is 2.00 bits per heavy atom. The van der Waals surface area contributed by atoms with Gasteiger partial charge in [-0.1, -0.05) is 18.2 Å². The van der Waals surface area contributed by atoms with Crippen molar-refractivity contribution in [2.45, 2.75) is 4.90 Å². The second-order valence-electron chi connectivity index (χ2n) is 2.77. The van der Waals surface area contributed by atoms with Crippen LogP contribution in [0.25, 0.3) is 0 Å². The SMILES string of the molecule is COP(=O)(NS(=O)(=O)c1ccccc1)OC.[Na]. The molecule has 0 aromatic heterocycles. The molecule has 0 amide bonds. The first-order valence-electron chi connectivity index (χ1n) is 4.24. The molecule has 0 saturated heterocycles. The molecule has 0 spiro atoms. The zero-order valence-electron chi connectivity index (χ0n) is 9.78. The minimum atomic E-state index is -3.91. The van der Waals surface area contributed by atoms with E-state index >= 15 is 0 Å². The molecule has 0 aliphatic heterocycles. The van der Waals surface area contributed by atoms with E-state index in [4.69, 9.17) is 0 Å². The van der Waals surface area contributed by atoms with Crippen molar-refractivity contribution in [1.29, 1.82) is 0 Å². The molecule has 9 heteroatoms. The molecule has 1 N–H and O–H groups in total. The van der Waals surface area contributed by atoms with Gasteiger partial charge in [-0.25, -0.2) is 13.0 Å². The normalized spacial score (nSPS) is 11.9. The second kappa shape index (κ2) is 7.01. The van der Waals surface area contributed by atoms with E-state index in [1.165, 1.54) is 12.1 Å². The summed E-state index contributed by atoms with van der Waals surface area (Å²) in [5, 5.41) is 0. The van der Waals surface area contributed by atoms with Crippen LogP contribution in [0.5, 0.6) is 0 Å². The number of hydrogen-bond acceptors (Lipinski definition) is 5. The topological polar surface area (TPSA) is 81.7 Å². The Hall–Kier alpha value is 0.280. The summed E-state index contributed by atoms with van der Waals surface area (Å²) >= 11 is 0. The summed E-state index contributed by atoms with van der Waals surface area (Å²) < 4.78 is 45.9. The Labute approximate surface area is 123 Å². The van der Waals surface area contributed by atoms with Gasteiger partial charge in [0.05, 0.1) is 4.90 Å². The summed E-state index contributed by atoms with van der Waals surface area (Å²) in [7, 11) is -5.52. The van der Waals surface area contributed by atoms with Crippen molar-refractivity contribution in [3.05, 3.63) is 30.3 Å². The van der Waals surface area contributed by atoms with Gasteiger partial charge in [0.15, 0.2) is 0 Å². The van der Waals surface area contributed by atoms with Crippen molar-refractivity contribution in [3.63, 3.8) is 0 Å². The van der Waals surface area contributed by atoms with E-state index in [1.54, 1.807) is 18.2 Å². The van der Waals surface area contributed by atoms with Crippen LogP contribution in [0.15, 0.2) is 35.2 Å². The van der Waals surface area contributed by atoms with Gasteiger partial charge in [-0.2, -0.15) is 0 Å². The summed E-state index contributed by atoms with van der Waals surface area (Å²) in [6.07, 6.45) is 0. The summed E-state index contributed by atoms with van der Waals surface area (Å²) in [4.78, 5) is -0.00988. The van der Waals surface area contributed by atoms with Crippen LogP contribution in [-0.2, 0) is 23.6 Å². The third-order valence-corrected chi connectivity index (χ3v) is 5.48. The zero-order valence-corrected chi connectivity index (χ0v) is 13.5. The predicted octanol–water partition coefficient (Wildman–Crippen LogP) is 0.985. The smallest absolute Gasteiger partial charge is 0.299 e. The second-order valence-corrected chi connectivity index (χ2v) is 6.70. The maximum absolute atomic E-state index is 11.7. The molecule has 17 heavy (non-hydrogen) atoms. The third-order valence-electron chi connectivity index (χ3n) is 1.77. The molecule has 1 aromatic carbocycles. The fourth-order valence-electron chi connectivity index (χ4n) is 0.949. The summed E-state index contributed by atoms with van der Waals surface area (Å²) in [5.74, 6) is 0. The Balaban J connectivity index is 0.00000256. The first-order valence-corrected chi connectivity index (χ1v) is 7.27. The molecule has 91 valence electrons. The van der Waals surface area contributed by atoms with Gasteiger partial charge < -0.3 is 0 Å². The minimum Gasteiger partial charge on any atom is -0.299 e. The molecule has 0 saturated carbocycles. The fraction of sp³-hybridized carbons (Fsp3) is 0.250. The maximum atomic E-state index is 11.7. The van der Waals surface area contributed by atoms with E-state index in [0.29, 0.717) is 0 Å². The van der Waals surface area contributed by atoms with Gasteiger partial charge in [0.1, 0.15) is 0 Å². The Morgan fingerprint density at radius 2 is 1.59 bits per heavy atom. The van der Waals surface area contributed by atoms with Crippen molar-refractivity contribution >= 4 is 47.3 Å². The van der Waals surface area contributed by atoms with Crippen molar-refractivity contribution in [3.8, 4) is 0 Å². The Morgan fingerprint density at radius 1 is 1.12 bits per heavy atom. The monoisotopic (exact) mass is 288 g/mol. The molecule has 6 nitrogen and oxygen atoms in total. The van der Waals surface area contributed by atoms with Crippen LogP contribution in [0.4, 0.5) is 0 Å². The number of hydrogen-bond donors (Lipinski definition) is 1. The van der Waals surface area contributed by atoms with E-state index in [1.807, 2.05) is 4.49 Å². The standard InChI is InChI=1S/C8H12NO5PS.Na/c1-13-15(10,14-2)9-16(11,12)8-6-4-3-5-7-8;/h3-7H,1-2H3,(H,9,10);. The fourth-order valence-corrected chi connectivity index (χ4v) is 3.81. The summed E-state index contributed by atoms with van der Waals surface area (Å²) in [5.41, 5.74) is 0. The predicted molar refractivity (Wildman–Crippen MR) is 64.1 cm³/mol. The van der Waals surface area contributed by atoms with Gasteiger partial charge in [-0.3, -0.25) is 9.05 Å². The number of benzene rings is 1. The molecule has 0 atom stereocenters. The van der Waals surface area contributed by atoms with Crippen LogP contribution in [-0.4, -0.2) is 52.2 Å². The van der Waals surface area contributed by atoms with Gasteiger partial charge >= 0.3 is 7.75 Å². The molecule has 1 radical (unpaired) electrons. The largest absolute Gasteiger partial charge is 0.418 e. The van der Waals surface area contributed by atoms with Crippen LogP contribution in [0, 0.1) is 0 Å². The molecule has 0 bridgehead atoms. The minimum absolute atomic E-state index is 0. The van der Waals surface area contributed by atoms with Crippen molar-refractivity contribution < 1.29 is 22.0 Å². The van der Waals surface area contributed by atoms with Gasteiger partial charge in [0.25, 0.3) is 0 Å². The van der Waals surface area contributed by atoms with Crippen LogP contribution in [0.1, 0.15) is 0 Å². The van der Waals surface area contributed by atoms with Crippen molar-refractivity contribution in [2.24, 2.45) is 0 Å². The summed E-state index contributed by atoms with van der Waals surface area (Å²) in [6, 6.07) is 7.53. The average Bonchev–Trinajstić information content (AvgIpc) is 2.29. The molecule has 0 aliphatic carbocycles. The number of nitrogens with one attached hydrogen (secondary N) is 1. The molecular weight excluding hydrogens is 276 g/mol. The quantitative estimate of drug-likeness (QED) is 0.645. The van der Waals surface area contributed by atoms with E-state index in [2.05, 4.69) is 9.05 Å². The van der Waals surface area contributed by atoms with E-state index in [0.717, 1.165) is 14.2 Å². The number of sulfonamides is 1. The van der Waals surface area contributed by atoms with Crippen LogP contribution in [0.3, 0.4) is 0 Å². The van der Waals surface area contributed by atoms with Crippen LogP contribution < -0.4 is 4.49 Å². The molecule has 1 rings (SSSR count). The van der Waals surface area contributed by atoms with E-state index < -0.39 is 17.8 Å². The third kappa shape index (κ3) is 4.81.